The number of hydrogen-bond donors (Lipinski definition) is 0. The topological polar surface area (TPSA) is 77.1 Å². The normalized spacial score (nSPS) is 14.5. The third-order valence-electron chi connectivity index (χ3n) is 4.88. The molecule has 0 aliphatic carbocycles. The van der Waals surface area contributed by atoms with E-state index in [0.29, 0.717) is 5.95 Å². The van der Waals surface area contributed by atoms with Crippen LogP contribution in [0.2, 0.25) is 0 Å². The van der Waals surface area contributed by atoms with Crippen LogP contribution < -0.4 is 4.90 Å². The first-order valence-corrected chi connectivity index (χ1v) is 9.20. The Bertz CT molecular complexity index is 865. The standard InChI is InChI=1S/C20H21N5O2/c26-25(27)19-21-20(23-14-8-3-9-15-23)24(22-19)18(16-10-4-1-5-11-16)17-12-6-2-7-13-17/h1-2,4-7,10-13,18H,3,8-9,14-15H2. The van der Waals surface area contributed by atoms with Gasteiger partial charge in [0.2, 0.25) is 0 Å². The van der Waals surface area contributed by atoms with Crippen LogP contribution in [0, 0.1) is 10.1 Å². The third kappa shape index (κ3) is 3.53. The maximum Gasteiger partial charge on any atom is 0.493 e. The molecule has 1 saturated heterocycles. The molecule has 4 rings (SSSR count). The molecule has 7 nitrogen and oxygen atoms in total. The van der Waals surface area contributed by atoms with Gasteiger partial charge in [0.15, 0.2) is 0 Å². The first kappa shape index (κ1) is 17.2. The van der Waals surface area contributed by atoms with Gasteiger partial charge in [-0.15, -0.1) is 4.68 Å². The van der Waals surface area contributed by atoms with Crippen LogP contribution in [0.25, 0.3) is 0 Å². The summed E-state index contributed by atoms with van der Waals surface area (Å²) in [4.78, 5) is 17.3. The molecule has 1 aliphatic heterocycles. The van der Waals surface area contributed by atoms with E-state index in [1.807, 2.05) is 60.7 Å². The van der Waals surface area contributed by atoms with E-state index in [4.69, 9.17) is 0 Å². The number of hydrogen-bond acceptors (Lipinski definition) is 5. The first-order chi connectivity index (χ1) is 13.2. The minimum absolute atomic E-state index is 0.273. The monoisotopic (exact) mass is 363 g/mol. The van der Waals surface area contributed by atoms with Crippen LogP contribution in [0.15, 0.2) is 60.7 Å². The van der Waals surface area contributed by atoms with Crippen molar-refractivity contribution in [3.8, 4) is 0 Å². The Hall–Kier alpha value is -3.22. The van der Waals surface area contributed by atoms with Crippen molar-refractivity contribution >= 4 is 11.9 Å². The van der Waals surface area contributed by atoms with Gasteiger partial charge in [0.05, 0.1) is 0 Å². The lowest BCUT2D eigenvalue weighted by atomic mass is 9.99. The minimum Gasteiger partial charge on any atom is -0.390 e. The molecule has 1 aliphatic rings. The summed E-state index contributed by atoms with van der Waals surface area (Å²) in [6.45, 7) is 1.68. The Balaban J connectivity index is 1.87. The number of piperidine rings is 1. The van der Waals surface area contributed by atoms with E-state index in [2.05, 4.69) is 15.0 Å². The van der Waals surface area contributed by atoms with E-state index in [0.717, 1.165) is 37.1 Å². The summed E-state index contributed by atoms with van der Waals surface area (Å²) in [7, 11) is 0. The van der Waals surface area contributed by atoms with Crippen molar-refractivity contribution in [2.75, 3.05) is 18.0 Å². The van der Waals surface area contributed by atoms with E-state index >= 15 is 0 Å². The highest BCUT2D eigenvalue weighted by Crippen LogP contribution is 2.32. The van der Waals surface area contributed by atoms with Gasteiger partial charge in [0, 0.05) is 18.2 Å². The van der Waals surface area contributed by atoms with Gasteiger partial charge in [-0.25, -0.2) is 0 Å². The number of aromatic nitrogens is 3. The van der Waals surface area contributed by atoms with Crippen LogP contribution in [-0.2, 0) is 0 Å². The van der Waals surface area contributed by atoms with E-state index in [1.54, 1.807) is 4.68 Å². The largest absolute Gasteiger partial charge is 0.493 e. The summed E-state index contributed by atoms with van der Waals surface area (Å²) in [5.41, 5.74) is 2.03. The van der Waals surface area contributed by atoms with E-state index < -0.39 is 4.92 Å². The lowest BCUT2D eigenvalue weighted by Gasteiger charge is -2.27. The highest BCUT2D eigenvalue weighted by atomic mass is 16.6. The molecule has 27 heavy (non-hydrogen) atoms. The fourth-order valence-corrected chi connectivity index (χ4v) is 3.61. The van der Waals surface area contributed by atoms with Crippen molar-refractivity contribution in [2.24, 2.45) is 0 Å². The molecule has 1 aromatic heterocycles. The van der Waals surface area contributed by atoms with Crippen molar-refractivity contribution in [3.63, 3.8) is 0 Å². The maximum atomic E-state index is 11.4. The lowest BCUT2D eigenvalue weighted by Crippen LogP contribution is -2.33. The highest BCUT2D eigenvalue weighted by Gasteiger charge is 2.32. The third-order valence-corrected chi connectivity index (χ3v) is 4.88. The maximum absolute atomic E-state index is 11.4. The molecule has 138 valence electrons. The van der Waals surface area contributed by atoms with Crippen molar-refractivity contribution in [1.29, 1.82) is 0 Å². The molecular weight excluding hydrogens is 342 g/mol. The van der Waals surface area contributed by atoms with Crippen LogP contribution >= 0.6 is 0 Å². The average molecular weight is 363 g/mol. The van der Waals surface area contributed by atoms with Crippen LogP contribution in [0.5, 0.6) is 0 Å². The molecule has 2 aromatic carbocycles. The molecule has 3 aromatic rings. The van der Waals surface area contributed by atoms with Gasteiger partial charge in [-0.3, -0.25) is 0 Å². The number of benzene rings is 2. The molecule has 0 radical (unpaired) electrons. The molecular formula is C20H21N5O2. The summed E-state index contributed by atoms with van der Waals surface area (Å²) >= 11 is 0. The van der Waals surface area contributed by atoms with Crippen LogP contribution in [0.1, 0.15) is 36.4 Å². The second-order valence-corrected chi connectivity index (χ2v) is 6.69. The fraction of sp³-hybridized carbons (Fsp3) is 0.300. The van der Waals surface area contributed by atoms with E-state index in [1.165, 1.54) is 6.42 Å². The average Bonchev–Trinajstić information content (AvgIpc) is 3.16. The van der Waals surface area contributed by atoms with Gasteiger partial charge in [0.1, 0.15) is 6.04 Å². The Morgan fingerprint density at radius 1 is 0.889 bits per heavy atom. The molecule has 7 heteroatoms. The molecule has 0 saturated carbocycles. The zero-order valence-corrected chi connectivity index (χ0v) is 14.9. The first-order valence-electron chi connectivity index (χ1n) is 9.20. The molecule has 0 bridgehead atoms. The predicted octanol–water partition coefficient (Wildman–Crippen LogP) is 3.81. The van der Waals surface area contributed by atoms with Crippen molar-refractivity contribution in [1.82, 2.24) is 14.8 Å². The summed E-state index contributed by atoms with van der Waals surface area (Å²) in [5.74, 6) is 0.214. The Labute approximate surface area is 157 Å². The zero-order valence-electron chi connectivity index (χ0n) is 14.9. The zero-order chi connectivity index (χ0) is 18.6. The lowest BCUT2D eigenvalue weighted by molar-refractivity contribution is -0.394. The SMILES string of the molecule is O=[N+]([O-])c1nc(N2CCCCC2)n(C(c2ccccc2)c2ccccc2)n1. The van der Waals surface area contributed by atoms with Gasteiger partial charge >= 0.3 is 11.9 Å². The summed E-state index contributed by atoms with van der Waals surface area (Å²) < 4.78 is 1.72. The summed E-state index contributed by atoms with van der Waals surface area (Å²) in [6.07, 6.45) is 3.29. The predicted molar refractivity (Wildman–Crippen MR) is 103 cm³/mol. The fourth-order valence-electron chi connectivity index (χ4n) is 3.61. The van der Waals surface area contributed by atoms with Gasteiger partial charge in [-0.2, -0.15) is 0 Å². The highest BCUT2D eigenvalue weighted by molar-refractivity contribution is 5.40. The number of rotatable bonds is 5. The van der Waals surface area contributed by atoms with Crippen LogP contribution in [0.4, 0.5) is 11.9 Å². The van der Waals surface area contributed by atoms with Crippen molar-refractivity contribution in [3.05, 3.63) is 81.9 Å². The quantitative estimate of drug-likeness (QED) is 0.509. The number of anilines is 1. The molecule has 0 unspecified atom stereocenters. The Morgan fingerprint density at radius 2 is 1.44 bits per heavy atom. The van der Waals surface area contributed by atoms with Gasteiger partial charge in [-0.1, -0.05) is 60.7 Å². The second kappa shape index (κ2) is 7.57. The van der Waals surface area contributed by atoms with E-state index in [9.17, 15) is 10.1 Å². The number of nitrogens with zero attached hydrogens (tertiary/aromatic N) is 5. The smallest absolute Gasteiger partial charge is 0.390 e. The van der Waals surface area contributed by atoms with Crippen molar-refractivity contribution in [2.45, 2.75) is 25.3 Å². The van der Waals surface area contributed by atoms with Crippen molar-refractivity contribution < 1.29 is 4.92 Å². The van der Waals surface area contributed by atoms with Crippen LogP contribution in [-0.4, -0.2) is 32.8 Å². The molecule has 0 N–H and O–H groups in total. The Kier molecular flexibility index (Phi) is 4.82. The summed E-state index contributed by atoms with van der Waals surface area (Å²) in [5, 5.41) is 15.7. The second-order valence-electron chi connectivity index (χ2n) is 6.69. The molecule has 0 spiro atoms. The number of nitro groups is 1. The minimum atomic E-state index is -0.517. The van der Waals surface area contributed by atoms with Gasteiger partial charge in [-0.05, 0) is 40.3 Å². The van der Waals surface area contributed by atoms with Gasteiger partial charge in [0.25, 0.3) is 0 Å². The molecule has 0 amide bonds. The molecule has 1 fully saturated rings. The van der Waals surface area contributed by atoms with E-state index in [-0.39, 0.29) is 12.0 Å². The Morgan fingerprint density at radius 3 is 1.96 bits per heavy atom. The van der Waals surface area contributed by atoms with Gasteiger partial charge < -0.3 is 15.0 Å². The summed E-state index contributed by atoms with van der Waals surface area (Å²) in [6, 6.07) is 19.6. The molecule has 2 heterocycles. The molecule has 0 atom stereocenters. The van der Waals surface area contributed by atoms with Crippen LogP contribution in [0.3, 0.4) is 0 Å².